The molecule has 0 spiro atoms. The molecule has 53 heavy (non-hydrogen) atoms. The van der Waals surface area contributed by atoms with Crippen LogP contribution >= 0.6 is 0 Å². The summed E-state index contributed by atoms with van der Waals surface area (Å²) in [5.41, 5.74) is 16.5. The average Bonchev–Trinajstić information content (AvgIpc) is 3.22. The van der Waals surface area contributed by atoms with Crippen molar-refractivity contribution in [2.75, 3.05) is 0 Å². The Hall–Kier alpha value is -5.34. The van der Waals surface area contributed by atoms with Crippen LogP contribution < -0.4 is 0 Å². The standard InChI is InChI=1S/C51H54N2/c1-5-8-9-10-11-24-33-46-47(40-25-16-12-17-26-40)35-45(36-48(46)41-27-18-13-19-28-41)53-50(7-3)38(4)52-44-34-39(6-2)51(43-31-22-15-23-32-43)49(37-44)42-29-20-14-21-30-42/h12-23,25-32,34-37H,5-11,24,33H2,1-4H3. The maximum atomic E-state index is 5.39. The minimum Gasteiger partial charge on any atom is -0.252 e. The Labute approximate surface area is 318 Å². The van der Waals surface area contributed by atoms with Crippen molar-refractivity contribution in [2.45, 2.75) is 85.5 Å². The first-order valence-corrected chi connectivity index (χ1v) is 19.8. The molecule has 0 aliphatic carbocycles. The second-order valence-electron chi connectivity index (χ2n) is 14.0. The van der Waals surface area contributed by atoms with Gasteiger partial charge in [0.05, 0.1) is 22.8 Å². The fraction of sp³-hybridized carbons (Fsp3) is 0.255. The van der Waals surface area contributed by atoms with Crippen LogP contribution in [0.5, 0.6) is 0 Å². The molecule has 0 aliphatic heterocycles. The third-order valence-corrected chi connectivity index (χ3v) is 10.2. The van der Waals surface area contributed by atoms with Crippen LogP contribution in [0.15, 0.2) is 156 Å². The van der Waals surface area contributed by atoms with Crippen LogP contribution in [-0.2, 0) is 12.8 Å². The van der Waals surface area contributed by atoms with Gasteiger partial charge in [-0.15, -0.1) is 0 Å². The van der Waals surface area contributed by atoms with E-state index >= 15 is 0 Å². The quantitative estimate of drug-likeness (QED) is 0.0712. The molecule has 0 amide bonds. The van der Waals surface area contributed by atoms with Gasteiger partial charge in [-0.25, -0.2) is 0 Å². The molecular formula is C51H54N2. The van der Waals surface area contributed by atoms with Gasteiger partial charge in [0.1, 0.15) is 0 Å². The van der Waals surface area contributed by atoms with Gasteiger partial charge in [0.25, 0.3) is 0 Å². The predicted molar refractivity (Wildman–Crippen MR) is 231 cm³/mol. The molecule has 268 valence electrons. The molecule has 2 heteroatoms. The highest BCUT2D eigenvalue weighted by atomic mass is 14.8. The van der Waals surface area contributed by atoms with Crippen molar-refractivity contribution in [2.24, 2.45) is 9.98 Å². The fourth-order valence-electron chi connectivity index (χ4n) is 7.47. The van der Waals surface area contributed by atoms with Gasteiger partial charge in [-0.3, -0.25) is 9.98 Å². The van der Waals surface area contributed by atoms with E-state index in [0.29, 0.717) is 0 Å². The number of nitrogens with zero attached hydrogens (tertiary/aromatic N) is 2. The van der Waals surface area contributed by atoms with Gasteiger partial charge in [0.2, 0.25) is 0 Å². The summed E-state index contributed by atoms with van der Waals surface area (Å²) in [6.45, 7) is 8.82. The monoisotopic (exact) mass is 694 g/mol. The molecular weight excluding hydrogens is 641 g/mol. The largest absolute Gasteiger partial charge is 0.252 e. The highest BCUT2D eigenvalue weighted by Gasteiger charge is 2.17. The fourth-order valence-corrected chi connectivity index (χ4v) is 7.47. The maximum absolute atomic E-state index is 5.39. The zero-order valence-electron chi connectivity index (χ0n) is 32.1. The zero-order valence-corrected chi connectivity index (χ0v) is 32.1. The van der Waals surface area contributed by atoms with E-state index in [4.69, 9.17) is 9.98 Å². The van der Waals surface area contributed by atoms with Gasteiger partial charge >= 0.3 is 0 Å². The van der Waals surface area contributed by atoms with Gasteiger partial charge in [-0.05, 0) is 113 Å². The van der Waals surface area contributed by atoms with Crippen molar-refractivity contribution in [1.29, 1.82) is 0 Å². The predicted octanol–water partition coefficient (Wildman–Crippen LogP) is 15.1. The summed E-state index contributed by atoms with van der Waals surface area (Å²) in [6.07, 6.45) is 10.4. The lowest BCUT2D eigenvalue weighted by Gasteiger charge is -2.18. The molecule has 2 nitrogen and oxygen atoms in total. The van der Waals surface area contributed by atoms with Crippen LogP contribution in [0.4, 0.5) is 11.4 Å². The molecule has 0 heterocycles. The molecule has 0 unspecified atom stereocenters. The van der Waals surface area contributed by atoms with E-state index in [1.54, 1.807) is 0 Å². The molecule has 0 fully saturated rings. The van der Waals surface area contributed by atoms with Crippen molar-refractivity contribution in [3.05, 3.63) is 157 Å². The van der Waals surface area contributed by atoms with Crippen LogP contribution in [0.25, 0.3) is 44.5 Å². The lowest BCUT2D eigenvalue weighted by atomic mass is 9.88. The Morgan fingerprint density at radius 1 is 0.472 bits per heavy atom. The molecule has 0 radical (unpaired) electrons. The summed E-state index contributed by atoms with van der Waals surface area (Å²) in [5.74, 6) is 0. The third kappa shape index (κ3) is 9.56. The van der Waals surface area contributed by atoms with Crippen LogP contribution in [0.1, 0.15) is 83.8 Å². The van der Waals surface area contributed by atoms with Crippen molar-refractivity contribution < 1.29 is 0 Å². The van der Waals surface area contributed by atoms with Gasteiger partial charge < -0.3 is 0 Å². The van der Waals surface area contributed by atoms with E-state index in [1.807, 2.05) is 0 Å². The van der Waals surface area contributed by atoms with Gasteiger partial charge in [0, 0.05) is 0 Å². The first-order valence-electron chi connectivity index (χ1n) is 19.8. The second kappa shape index (κ2) is 18.9. The van der Waals surface area contributed by atoms with E-state index < -0.39 is 0 Å². The van der Waals surface area contributed by atoms with E-state index in [2.05, 4.69) is 173 Å². The maximum Gasteiger partial charge on any atom is 0.0646 e. The van der Waals surface area contributed by atoms with Crippen LogP contribution in [0.3, 0.4) is 0 Å². The van der Waals surface area contributed by atoms with Gasteiger partial charge in [0.15, 0.2) is 0 Å². The number of aliphatic imine (C=N–C) groups is 2. The van der Waals surface area contributed by atoms with Crippen molar-refractivity contribution in [3.8, 4) is 44.5 Å². The number of hydrogen-bond donors (Lipinski definition) is 0. The number of hydrogen-bond acceptors (Lipinski definition) is 2. The van der Waals surface area contributed by atoms with Crippen molar-refractivity contribution in [1.82, 2.24) is 0 Å². The molecule has 0 aliphatic rings. The highest BCUT2D eigenvalue weighted by Crippen LogP contribution is 2.40. The molecule has 6 rings (SSSR count). The number of unbranched alkanes of at least 4 members (excludes halogenated alkanes) is 5. The lowest BCUT2D eigenvalue weighted by Crippen LogP contribution is -2.08. The Morgan fingerprint density at radius 2 is 0.925 bits per heavy atom. The Bertz CT molecular complexity index is 2050. The van der Waals surface area contributed by atoms with E-state index in [0.717, 1.165) is 42.1 Å². The third-order valence-electron chi connectivity index (χ3n) is 10.2. The van der Waals surface area contributed by atoms with Crippen LogP contribution in [0, 0.1) is 0 Å². The second-order valence-corrected chi connectivity index (χ2v) is 14.0. The molecule has 0 saturated heterocycles. The summed E-state index contributed by atoms with van der Waals surface area (Å²) in [6, 6.07) is 52.4. The summed E-state index contributed by atoms with van der Waals surface area (Å²) in [4.78, 5) is 10.7. The van der Waals surface area contributed by atoms with Crippen LogP contribution in [0.2, 0.25) is 0 Å². The van der Waals surface area contributed by atoms with Crippen molar-refractivity contribution in [3.63, 3.8) is 0 Å². The number of aryl methyl sites for hydroxylation is 1. The van der Waals surface area contributed by atoms with E-state index in [1.165, 1.54) is 94.2 Å². The first kappa shape index (κ1) is 37.4. The summed E-state index contributed by atoms with van der Waals surface area (Å²) < 4.78 is 0. The SMILES string of the molecule is CCCCCCCCc1c(-c2ccccc2)cc(N=C(CC)C(C)=Nc2cc(CC)c(-c3ccccc3)c(-c3ccccc3)c2)cc1-c1ccccc1. The molecule has 6 aromatic carbocycles. The van der Waals surface area contributed by atoms with E-state index in [9.17, 15) is 0 Å². The highest BCUT2D eigenvalue weighted by molar-refractivity contribution is 6.42. The Morgan fingerprint density at radius 3 is 1.43 bits per heavy atom. The molecule has 6 aromatic rings. The topological polar surface area (TPSA) is 24.7 Å². The van der Waals surface area contributed by atoms with Crippen molar-refractivity contribution >= 4 is 22.8 Å². The molecule has 0 bridgehead atoms. The molecule has 0 atom stereocenters. The Balaban J connectivity index is 1.44. The summed E-state index contributed by atoms with van der Waals surface area (Å²) in [5, 5.41) is 0. The smallest absolute Gasteiger partial charge is 0.0646 e. The van der Waals surface area contributed by atoms with Gasteiger partial charge in [-0.2, -0.15) is 0 Å². The van der Waals surface area contributed by atoms with Gasteiger partial charge in [-0.1, -0.05) is 174 Å². The minimum absolute atomic E-state index is 0.782. The van der Waals surface area contributed by atoms with E-state index in [-0.39, 0.29) is 0 Å². The van der Waals surface area contributed by atoms with Crippen LogP contribution in [-0.4, -0.2) is 11.4 Å². The minimum atomic E-state index is 0.782. The summed E-state index contributed by atoms with van der Waals surface area (Å²) >= 11 is 0. The first-order chi connectivity index (χ1) is 26.1. The zero-order chi connectivity index (χ0) is 36.8. The molecule has 0 aromatic heterocycles. The Kier molecular flexibility index (Phi) is 13.4. The molecule has 0 N–H and O–H groups in total. The normalized spacial score (nSPS) is 11.9. The lowest BCUT2D eigenvalue weighted by molar-refractivity contribution is 0.608. The summed E-state index contributed by atoms with van der Waals surface area (Å²) in [7, 11) is 0. The molecule has 0 saturated carbocycles. The average molecular weight is 695 g/mol. The number of benzene rings is 6. The number of rotatable bonds is 16.